The summed E-state index contributed by atoms with van der Waals surface area (Å²) in [6.07, 6.45) is 0. The highest BCUT2D eigenvalue weighted by Crippen LogP contribution is 2.19. The van der Waals surface area contributed by atoms with Gasteiger partial charge in [0.25, 0.3) is 5.91 Å². The summed E-state index contributed by atoms with van der Waals surface area (Å²) < 4.78 is 11.0. The highest BCUT2D eigenvalue weighted by atomic mass is 16.5. The van der Waals surface area contributed by atoms with E-state index in [4.69, 9.17) is 9.26 Å². The average Bonchev–Trinajstić information content (AvgIpc) is 3.16. The molecule has 27 heavy (non-hydrogen) atoms. The van der Waals surface area contributed by atoms with Gasteiger partial charge in [0, 0.05) is 12.1 Å². The molecule has 0 aliphatic carbocycles. The van der Waals surface area contributed by atoms with E-state index in [1.54, 1.807) is 4.90 Å². The van der Waals surface area contributed by atoms with Crippen LogP contribution in [0.1, 0.15) is 23.9 Å². The van der Waals surface area contributed by atoms with Gasteiger partial charge in [0.05, 0.1) is 0 Å². The van der Waals surface area contributed by atoms with Crippen molar-refractivity contribution in [3.63, 3.8) is 0 Å². The summed E-state index contributed by atoms with van der Waals surface area (Å²) in [7, 11) is 0. The molecule has 0 N–H and O–H groups in total. The number of hydrogen-bond donors (Lipinski definition) is 0. The van der Waals surface area contributed by atoms with Crippen LogP contribution in [0, 0.1) is 13.8 Å². The number of aromatic nitrogens is 2. The summed E-state index contributed by atoms with van der Waals surface area (Å²) in [5.41, 5.74) is 2.97. The van der Waals surface area contributed by atoms with Crippen molar-refractivity contribution in [2.75, 3.05) is 13.2 Å². The van der Waals surface area contributed by atoms with Gasteiger partial charge in [-0.3, -0.25) is 4.79 Å². The molecule has 3 aromatic rings. The number of rotatable bonds is 7. The van der Waals surface area contributed by atoms with E-state index < -0.39 is 0 Å². The number of nitrogens with zero attached hydrogens (tertiary/aromatic N) is 3. The number of ether oxygens (including phenoxy) is 1. The molecule has 0 saturated heterocycles. The normalized spacial score (nSPS) is 10.6. The molecule has 6 heteroatoms. The Hall–Kier alpha value is -3.15. The summed E-state index contributed by atoms with van der Waals surface area (Å²) in [6.45, 7) is 6.61. The van der Waals surface area contributed by atoms with Crippen molar-refractivity contribution in [1.29, 1.82) is 0 Å². The Morgan fingerprint density at radius 3 is 2.67 bits per heavy atom. The molecule has 3 rings (SSSR count). The summed E-state index contributed by atoms with van der Waals surface area (Å²) in [4.78, 5) is 18.6. The standard InChI is InChI=1S/C21H23N3O3/c1-4-24(20(25)14-26-18-12-15(2)10-11-16(18)3)13-19-22-21(23-27-19)17-8-6-5-7-9-17/h5-12H,4,13-14H2,1-3H3. The highest BCUT2D eigenvalue weighted by Gasteiger charge is 2.17. The van der Waals surface area contributed by atoms with Crippen LogP contribution in [-0.2, 0) is 11.3 Å². The van der Waals surface area contributed by atoms with Crippen molar-refractivity contribution < 1.29 is 14.1 Å². The number of aryl methyl sites for hydroxylation is 2. The van der Waals surface area contributed by atoms with Gasteiger partial charge in [0.15, 0.2) is 6.61 Å². The number of likely N-dealkylation sites (N-methyl/N-ethyl adjacent to an activating group) is 1. The van der Waals surface area contributed by atoms with Gasteiger partial charge < -0.3 is 14.2 Å². The fraction of sp³-hybridized carbons (Fsp3) is 0.286. The molecule has 0 saturated carbocycles. The van der Waals surface area contributed by atoms with Crippen LogP contribution >= 0.6 is 0 Å². The zero-order valence-electron chi connectivity index (χ0n) is 15.8. The van der Waals surface area contributed by atoms with Crippen LogP contribution in [-0.4, -0.2) is 34.1 Å². The molecule has 0 bridgehead atoms. The predicted molar refractivity (Wildman–Crippen MR) is 102 cm³/mol. The molecule has 0 unspecified atom stereocenters. The van der Waals surface area contributed by atoms with Crippen molar-refractivity contribution >= 4 is 5.91 Å². The van der Waals surface area contributed by atoms with Gasteiger partial charge in [-0.1, -0.05) is 47.6 Å². The molecule has 0 aliphatic heterocycles. The molecule has 0 spiro atoms. The SMILES string of the molecule is CCN(Cc1nc(-c2ccccc2)no1)C(=O)COc1cc(C)ccc1C. The zero-order valence-corrected chi connectivity index (χ0v) is 15.8. The fourth-order valence-corrected chi connectivity index (χ4v) is 2.66. The first kappa shape index (κ1) is 18.6. The molecule has 140 valence electrons. The Balaban J connectivity index is 1.62. The topological polar surface area (TPSA) is 68.5 Å². The summed E-state index contributed by atoms with van der Waals surface area (Å²) in [6, 6.07) is 15.5. The maximum Gasteiger partial charge on any atom is 0.260 e. The second-order valence-electron chi connectivity index (χ2n) is 6.34. The Morgan fingerprint density at radius 2 is 1.93 bits per heavy atom. The molecule has 1 heterocycles. The third-order valence-electron chi connectivity index (χ3n) is 4.26. The highest BCUT2D eigenvalue weighted by molar-refractivity contribution is 5.77. The molecule has 0 fully saturated rings. The fourth-order valence-electron chi connectivity index (χ4n) is 2.66. The van der Waals surface area contributed by atoms with Crippen LogP contribution in [0.5, 0.6) is 5.75 Å². The third kappa shape index (κ3) is 4.73. The summed E-state index contributed by atoms with van der Waals surface area (Å²) in [5, 5.41) is 3.99. The van der Waals surface area contributed by atoms with E-state index in [-0.39, 0.29) is 19.1 Å². The molecule has 0 atom stereocenters. The monoisotopic (exact) mass is 365 g/mol. The van der Waals surface area contributed by atoms with E-state index in [1.165, 1.54) is 0 Å². The Morgan fingerprint density at radius 1 is 1.15 bits per heavy atom. The van der Waals surface area contributed by atoms with E-state index in [9.17, 15) is 4.79 Å². The number of hydrogen-bond acceptors (Lipinski definition) is 5. The molecular weight excluding hydrogens is 342 g/mol. The van der Waals surface area contributed by atoms with Crippen LogP contribution in [0.15, 0.2) is 53.1 Å². The molecule has 1 aromatic heterocycles. The lowest BCUT2D eigenvalue weighted by Crippen LogP contribution is -2.34. The van der Waals surface area contributed by atoms with Crippen LogP contribution in [0.25, 0.3) is 11.4 Å². The zero-order chi connectivity index (χ0) is 19.2. The van der Waals surface area contributed by atoms with Crippen LogP contribution in [0.4, 0.5) is 0 Å². The largest absolute Gasteiger partial charge is 0.483 e. The first-order valence-electron chi connectivity index (χ1n) is 8.92. The lowest BCUT2D eigenvalue weighted by molar-refractivity contribution is -0.134. The van der Waals surface area contributed by atoms with Crippen molar-refractivity contribution in [3.8, 4) is 17.1 Å². The lowest BCUT2D eigenvalue weighted by atomic mass is 10.1. The minimum atomic E-state index is -0.127. The van der Waals surface area contributed by atoms with Crippen LogP contribution < -0.4 is 4.74 Å². The summed E-state index contributed by atoms with van der Waals surface area (Å²) >= 11 is 0. The maximum absolute atomic E-state index is 12.5. The van der Waals surface area contributed by atoms with Crippen molar-refractivity contribution in [1.82, 2.24) is 15.0 Å². The van der Waals surface area contributed by atoms with E-state index >= 15 is 0 Å². The van der Waals surface area contributed by atoms with E-state index in [0.717, 1.165) is 22.4 Å². The van der Waals surface area contributed by atoms with Gasteiger partial charge in [-0.05, 0) is 38.0 Å². The minimum Gasteiger partial charge on any atom is -0.483 e. The maximum atomic E-state index is 12.5. The van der Waals surface area contributed by atoms with E-state index in [0.29, 0.717) is 18.3 Å². The van der Waals surface area contributed by atoms with Gasteiger partial charge in [0.2, 0.25) is 11.7 Å². The van der Waals surface area contributed by atoms with Crippen LogP contribution in [0.3, 0.4) is 0 Å². The number of carbonyl (C=O) groups excluding carboxylic acids is 1. The first-order chi connectivity index (χ1) is 13.1. The quantitative estimate of drug-likeness (QED) is 0.637. The predicted octanol–water partition coefficient (Wildman–Crippen LogP) is 3.78. The summed E-state index contributed by atoms with van der Waals surface area (Å²) in [5.74, 6) is 1.51. The molecule has 1 amide bonds. The van der Waals surface area contributed by atoms with Gasteiger partial charge in [-0.15, -0.1) is 0 Å². The minimum absolute atomic E-state index is 0.0299. The molecule has 6 nitrogen and oxygen atoms in total. The van der Waals surface area contributed by atoms with Gasteiger partial charge in [0.1, 0.15) is 12.3 Å². The number of amides is 1. The van der Waals surface area contributed by atoms with Gasteiger partial charge in [-0.2, -0.15) is 4.98 Å². The number of benzene rings is 2. The molecular formula is C21H23N3O3. The second kappa shape index (κ2) is 8.49. The molecule has 0 aliphatic rings. The average molecular weight is 365 g/mol. The molecule has 0 radical (unpaired) electrons. The Bertz CT molecular complexity index is 906. The van der Waals surface area contributed by atoms with Crippen molar-refractivity contribution in [2.24, 2.45) is 0 Å². The third-order valence-corrected chi connectivity index (χ3v) is 4.26. The first-order valence-corrected chi connectivity index (χ1v) is 8.92. The van der Waals surface area contributed by atoms with E-state index in [2.05, 4.69) is 10.1 Å². The Kier molecular flexibility index (Phi) is 5.86. The lowest BCUT2D eigenvalue weighted by Gasteiger charge is -2.19. The van der Waals surface area contributed by atoms with Crippen molar-refractivity contribution in [3.05, 3.63) is 65.5 Å². The second-order valence-corrected chi connectivity index (χ2v) is 6.34. The van der Waals surface area contributed by atoms with Gasteiger partial charge in [-0.25, -0.2) is 0 Å². The number of carbonyl (C=O) groups is 1. The van der Waals surface area contributed by atoms with Gasteiger partial charge >= 0.3 is 0 Å². The van der Waals surface area contributed by atoms with E-state index in [1.807, 2.05) is 69.3 Å². The van der Waals surface area contributed by atoms with Crippen molar-refractivity contribution in [2.45, 2.75) is 27.3 Å². The van der Waals surface area contributed by atoms with Crippen LogP contribution in [0.2, 0.25) is 0 Å². The Labute approximate surface area is 158 Å². The smallest absolute Gasteiger partial charge is 0.260 e. The molecule has 2 aromatic carbocycles.